The van der Waals surface area contributed by atoms with Crippen LogP contribution in [-0.4, -0.2) is 37.2 Å². The van der Waals surface area contributed by atoms with E-state index in [2.05, 4.69) is 36.6 Å². The molecule has 0 bridgehead atoms. The minimum atomic E-state index is 0.121. The number of piperidine rings is 1. The van der Waals surface area contributed by atoms with Crippen molar-refractivity contribution in [2.24, 2.45) is 5.41 Å². The summed E-state index contributed by atoms with van der Waals surface area (Å²) in [6, 6.07) is 0.121. The van der Waals surface area contributed by atoms with Crippen molar-refractivity contribution in [2.75, 3.05) is 26.3 Å². The molecule has 3 aliphatic rings. The molecule has 1 fully saturated rings. The Balaban J connectivity index is 1.85. The van der Waals surface area contributed by atoms with Crippen molar-refractivity contribution in [3.8, 4) is 0 Å². The van der Waals surface area contributed by atoms with Gasteiger partial charge in [0.1, 0.15) is 18.8 Å². The van der Waals surface area contributed by atoms with Crippen LogP contribution in [0.25, 0.3) is 0 Å². The number of hydrogen-bond donors (Lipinski definition) is 0. The Morgan fingerprint density at radius 3 is 3.04 bits per heavy atom. The molecule has 2 aliphatic heterocycles. The first kappa shape index (κ1) is 19.0. The van der Waals surface area contributed by atoms with E-state index < -0.39 is 0 Å². The molecule has 4 nitrogen and oxygen atoms in total. The van der Waals surface area contributed by atoms with E-state index in [9.17, 15) is 0 Å². The Morgan fingerprint density at radius 1 is 1.42 bits per heavy atom. The molecule has 0 spiro atoms. The molecule has 0 amide bonds. The van der Waals surface area contributed by atoms with Gasteiger partial charge in [-0.3, -0.25) is 4.90 Å². The zero-order valence-corrected chi connectivity index (χ0v) is 15.9. The quantitative estimate of drug-likeness (QED) is 0.590. The zero-order chi connectivity index (χ0) is 18.2. The molecular weight excluding hydrogens is 326 g/mol. The van der Waals surface area contributed by atoms with E-state index in [-0.39, 0.29) is 11.5 Å². The fourth-order valence-corrected chi connectivity index (χ4v) is 4.28. The molecule has 2 atom stereocenters. The van der Waals surface area contributed by atoms with E-state index in [4.69, 9.17) is 14.2 Å². The lowest BCUT2D eigenvalue weighted by Gasteiger charge is -2.46. The van der Waals surface area contributed by atoms with Gasteiger partial charge in [-0.25, -0.2) is 0 Å². The van der Waals surface area contributed by atoms with Gasteiger partial charge in [0.05, 0.1) is 12.6 Å². The molecule has 0 aromatic heterocycles. The van der Waals surface area contributed by atoms with E-state index in [1.165, 1.54) is 12.0 Å². The van der Waals surface area contributed by atoms with Gasteiger partial charge in [-0.05, 0) is 51.1 Å². The topological polar surface area (TPSA) is 30.9 Å². The molecule has 0 N–H and O–H groups in total. The van der Waals surface area contributed by atoms with E-state index >= 15 is 0 Å². The monoisotopic (exact) mass is 357 g/mol. The maximum absolute atomic E-state index is 5.87. The van der Waals surface area contributed by atoms with Crippen LogP contribution in [0.2, 0.25) is 0 Å². The maximum atomic E-state index is 5.87. The number of ether oxygens (including phenoxy) is 3. The lowest BCUT2D eigenvalue weighted by Crippen LogP contribution is -2.51. The Hall–Kier alpha value is -1.78. The predicted molar refractivity (Wildman–Crippen MR) is 104 cm³/mol. The smallest absolute Gasteiger partial charge is 0.160 e. The van der Waals surface area contributed by atoms with Crippen molar-refractivity contribution in [1.29, 1.82) is 0 Å². The SMILES string of the molecule is C=CCC1(COCC)CCCN(C(C2=CC=CCC2)C2=COC=CO2)C1. The maximum Gasteiger partial charge on any atom is 0.160 e. The number of rotatable bonds is 8. The van der Waals surface area contributed by atoms with Crippen LogP contribution in [0.1, 0.15) is 39.0 Å². The highest BCUT2D eigenvalue weighted by Crippen LogP contribution is 2.38. The molecule has 1 aliphatic carbocycles. The zero-order valence-electron chi connectivity index (χ0n) is 15.9. The first-order chi connectivity index (χ1) is 12.8. The first-order valence-electron chi connectivity index (χ1n) is 9.73. The fraction of sp³-hybridized carbons (Fsp3) is 0.545. The van der Waals surface area contributed by atoms with Gasteiger partial charge in [0, 0.05) is 18.6 Å². The second kappa shape index (κ2) is 9.24. The second-order valence-corrected chi connectivity index (χ2v) is 7.36. The van der Waals surface area contributed by atoms with Crippen molar-refractivity contribution in [1.82, 2.24) is 4.90 Å². The van der Waals surface area contributed by atoms with Gasteiger partial charge in [0.25, 0.3) is 0 Å². The van der Waals surface area contributed by atoms with Crippen molar-refractivity contribution >= 4 is 0 Å². The average Bonchev–Trinajstić information content (AvgIpc) is 2.69. The average molecular weight is 357 g/mol. The molecule has 2 heterocycles. The van der Waals surface area contributed by atoms with Crippen molar-refractivity contribution in [3.05, 3.63) is 61.0 Å². The molecule has 3 rings (SSSR count). The largest absolute Gasteiger partial charge is 0.466 e. The molecule has 1 saturated heterocycles. The highest BCUT2D eigenvalue weighted by molar-refractivity contribution is 5.30. The van der Waals surface area contributed by atoms with Crippen LogP contribution in [0.4, 0.5) is 0 Å². The molecular formula is C22H31NO3. The Labute approximate surface area is 157 Å². The highest BCUT2D eigenvalue weighted by Gasteiger charge is 2.39. The van der Waals surface area contributed by atoms with E-state index in [1.54, 1.807) is 18.8 Å². The van der Waals surface area contributed by atoms with Gasteiger partial charge in [0.2, 0.25) is 0 Å². The van der Waals surface area contributed by atoms with Gasteiger partial charge in [-0.15, -0.1) is 6.58 Å². The third-order valence-electron chi connectivity index (χ3n) is 5.44. The summed E-state index contributed by atoms with van der Waals surface area (Å²) < 4.78 is 17.1. The number of hydrogen-bond acceptors (Lipinski definition) is 4. The Morgan fingerprint density at radius 2 is 2.35 bits per heavy atom. The number of nitrogens with zero attached hydrogens (tertiary/aromatic N) is 1. The molecule has 4 heteroatoms. The second-order valence-electron chi connectivity index (χ2n) is 7.36. The number of allylic oxidation sites excluding steroid dienone is 4. The molecule has 0 aromatic carbocycles. The van der Waals surface area contributed by atoms with Crippen molar-refractivity contribution in [3.63, 3.8) is 0 Å². The van der Waals surface area contributed by atoms with Crippen LogP contribution < -0.4 is 0 Å². The molecule has 26 heavy (non-hydrogen) atoms. The van der Waals surface area contributed by atoms with Crippen LogP contribution in [0.5, 0.6) is 0 Å². The Kier molecular flexibility index (Phi) is 6.75. The summed E-state index contributed by atoms with van der Waals surface area (Å²) in [7, 11) is 0. The van der Waals surface area contributed by atoms with Crippen molar-refractivity contribution in [2.45, 2.75) is 45.1 Å². The summed E-state index contributed by atoms with van der Waals surface area (Å²) in [6.45, 7) is 9.64. The third kappa shape index (κ3) is 4.49. The lowest BCUT2D eigenvalue weighted by molar-refractivity contribution is -0.0125. The predicted octanol–water partition coefficient (Wildman–Crippen LogP) is 4.69. The fourth-order valence-electron chi connectivity index (χ4n) is 4.28. The summed E-state index contributed by atoms with van der Waals surface area (Å²) in [5.41, 5.74) is 1.52. The van der Waals surface area contributed by atoms with Gasteiger partial charge in [0.15, 0.2) is 5.76 Å². The molecule has 142 valence electrons. The standard InChI is InChI=1S/C22H31NO3/c1-3-11-22(18-24-4-2)12-8-13-23(17-22)21(19-9-6-5-7-10-19)20-16-25-14-15-26-20/h3,5-6,9,14-16,21H,1,4,7-8,10-13,17-18H2,2H3. The highest BCUT2D eigenvalue weighted by atomic mass is 16.5. The van der Waals surface area contributed by atoms with Crippen molar-refractivity contribution < 1.29 is 14.2 Å². The van der Waals surface area contributed by atoms with Gasteiger partial charge < -0.3 is 14.2 Å². The molecule has 2 unspecified atom stereocenters. The summed E-state index contributed by atoms with van der Waals surface area (Å²) in [5, 5.41) is 0. The van der Waals surface area contributed by atoms with Gasteiger partial charge in [-0.1, -0.05) is 24.3 Å². The van der Waals surface area contributed by atoms with E-state index in [0.29, 0.717) is 0 Å². The van der Waals surface area contributed by atoms with Gasteiger partial charge >= 0.3 is 0 Å². The van der Waals surface area contributed by atoms with E-state index in [1.807, 2.05) is 6.08 Å². The van der Waals surface area contributed by atoms with Crippen LogP contribution in [0, 0.1) is 5.41 Å². The molecule has 0 radical (unpaired) electrons. The Bertz CT molecular complexity index is 605. The van der Waals surface area contributed by atoms with Crippen LogP contribution in [-0.2, 0) is 14.2 Å². The molecule has 0 aromatic rings. The summed E-state index contributed by atoms with van der Waals surface area (Å²) in [6.07, 6.45) is 19.1. The van der Waals surface area contributed by atoms with E-state index in [0.717, 1.165) is 57.7 Å². The summed E-state index contributed by atoms with van der Waals surface area (Å²) in [5.74, 6) is 0.875. The van der Waals surface area contributed by atoms with Crippen LogP contribution in [0.3, 0.4) is 0 Å². The third-order valence-corrected chi connectivity index (χ3v) is 5.44. The normalized spacial score (nSPS) is 27.1. The number of likely N-dealkylation sites (tertiary alicyclic amines) is 1. The molecule has 0 saturated carbocycles. The van der Waals surface area contributed by atoms with Gasteiger partial charge in [-0.2, -0.15) is 0 Å². The first-order valence-corrected chi connectivity index (χ1v) is 9.73. The minimum Gasteiger partial charge on any atom is -0.466 e. The minimum absolute atomic E-state index is 0.121. The lowest BCUT2D eigenvalue weighted by atomic mass is 9.76. The van der Waals surface area contributed by atoms with Crippen LogP contribution in [0.15, 0.2) is 61.0 Å². The summed E-state index contributed by atoms with van der Waals surface area (Å²) in [4.78, 5) is 2.55. The summed E-state index contributed by atoms with van der Waals surface area (Å²) >= 11 is 0. The van der Waals surface area contributed by atoms with Crippen LogP contribution >= 0.6 is 0 Å².